The summed E-state index contributed by atoms with van der Waals surface area (Å²) in [5.74, 6) is -3.57. The molecule has 0 atom stereocenters. The molecule has 0 bridgehead atoms. The van der Waals surface area contributed by atoms with E-state index in [0.29, 0.717) is 6.07 Å². The Morgan fingerprint density at radius 2 is 1.32 bits per heavy atom. The quantitative estimate of drug-likeness (QED) is 0.173. The number of rotatable bonds is 11. The van der Waals surface area contributed by atoms with Crippen LogP contribution in [0.3, 0.4) is 0 Å². The summed E-state index contributed by atoms with van der Waals surface area (Å²) in [5, 5.41) is 40.8. The van der Waals surface area contributed by atoms with Crippen molar-refractivity contribution in [2.45, 2.75) is 43.4 Å². The van der Waals surface area contributed by atoms with Gasteiger partial charge in [0, 0.05) is 24.3 Å². The van der Waals surface area contributed by atoms with Gasteiger partial charge in [0.25, 0.3) is 10.1 Å². The molecule has 0 spiro atoms. The SMILES string of the molecule is O=C([O-])c1cc(S(=O)(=O)O)c(CCCCO)c(C(=O)[O-])c1CCCCO.[Na+].[Na+]. The number of aliphatic hydroxyl groups excluding tert-OH is 2. The van der Waals surface area contributed by atoms with Crippen LogP contribution < -0.4 is 69.3 Å². The van der Waals surface area contributed by atoms with Crippen molar-refractivity contribution in [3.05, 3.63) is 28.3 Å². The first-order valence-corrected chi connectivity index (χ1v) is 9.39. The van der Waals surface area contributed by atoms with Crippen LogP contribution in [0.2, 0.25) is 0 Å². The van der Waals surface area contributed by atoms with E-state index in [1.54, 1.807) is 0 Å². The van der Waals surface area contributed by atoms with Gasteiger partial charge in [0.05, 0.1) is 16.8 Å². The maximum absolute atomic E-state index is 11.7. The predicted octanol–water partition coefficient (Wildman–Crippen LogP) is -7.70. The molecule has 0 aliphatic carbocycles. The van der Waals surface area contributed by atoms with E-state index in [-0.39, 0.29) is 122 Å². The first-order valence-electron chi connectivity index (χ1n) is 7.95. The van der Waals surface area contributed by atoms with Crippen LogP contribution in [0.15, 0.2) is 11.0 Å². The number of aromatic carboxylic acids is 2. The van der Waals surface area contributed by atoms with E-state index < -0.39 is 38.1 Å². The van der Waals surface area contributed by atoms with E-state index in [4.69, 9.17) is 10.2 Å². The fourth-order valence-corrected chi connectivity index (χ4v) is 3.52. The van der Waals surface area contributed by atoms with E-state index in [1.165, 1.54) is 0 Å². The Morgan fingerprint density at radius 1 is 0.857 bits per heavy atom. The van der Waals surface area contributed by atoms with Gasteiger partial charge in [-0.05, 0) is 55.7 Å². The summed E-state index contributed by atoms with van der Waals surface area (Å²) in [6.07, 6.45) is 0.794. The minimum atomic E-state index is -4.91. The Kier molecular flexibility index (Phi) is 15.2. The summed E-state index contributed by atoms with van der Waals surface area (Å²) in [6.45, 7) is -0.393. The maximum Gasteiger partial charge on any atom is 1.00 e. The zero-order valence-corrected chi connectivity index (χ0v) is 20.8. The summed E-state index contributed by atoms with van der Waals surface area (Å²) in [7, 11) is -4.91. The second kappa shape index (κ2) is 14.1. The van der Waals surface area contributed by atoms with Crippen molar-refractivity contribution in [2.24, 2.45) is 0 Å². The van der Waals surface area contributed by atoms with E-state index in [1.807, 2.05) is 0 Å². The first-order chi connectivity index (χ1) is 12.1. The van der Waals surface area contributed by atoms with Gasteiger partial charge in [0.1, 0.15) is 0 Å². The summed E-state index contributed by atoms with van der Waals surface area (Å²) in [5.41, 5.74) is -1.73. The van der Waals surface area contributed by atoms with Crippen LogP contribution in [-0.2, 0) is 23.0 Å². The molecule has 0 unspecified atom stereocenters. The first kappa shape index (κ1) is 30.2. The minimum absolute atomic E-state index is 0. The topological polar surface area (TPSA) is 175 Å². The van der Waals surface area contributed by atoms with Crippen molar-refractivity contribution in [2.75, 3.05) is 13.2 Å². The van der Waals surface area contributed by atoms with Crippen LogP contribution in [0.5, 0.6) is 0 Å². The summed E-state index contributed by atoms with van der Waals surface area (Å²) in [4.78, 5) is 22.2. The van der Waals surface area contributed by atoms with E-state index in [0.717, 1.165) is 0 Å². The molecule has 0 fully saturated rings. The molecular weight excluding hydrogens is 414 g/mol. The molecule has 0 amide bonds. The number of carbonyl (C=O) groups is 2. The van der Waals surface area contributed by atoms with Gasteiger partial charge in [-0.2, -0.15) is 8.42 Å². The van der Waals surface area contributed by atoms with Crippen molar-refractivity contribution in [1.29, 1.82) is 0 Å². The Hall–Kier alpha value is -0.01000. The van der Waals surface area contributed by atoms with Crippen LogP contribution in [0.1, 0.15) is 57.5 Å². The second-order valence-electron chi connectivity index (χ2n) is 5.67. The van der Waals surface area contributed by atoms with Crippen LogP contribution in [-0.4, -0.2) is 48.3 Å². The zero-order chi connectivity index (χ0) is 19.9. The molecule has 1 aromatic rings. The molecule has 0 aliphatic rings. The van der Waals surface area contributed by atoms with Crippen molar-refractivity contribution in [3.8, 4) is 0 Å². The van der Waals surface area contributed by atoms with Gasteiger partial charge in [-0.1, -0.05) is 0 Å². The van der Waals surface area contributed by atoms with Crippen molar-refractivity contribution >= 4 is 22.1 Å². The van der Waals surface area contributed by atoms with Crippen LogP contribution >= 0.6 is 0 Å². The van der Waals surface area contributed by atoms with Gasteiger partial charge in [-0.15, -0.1) is 0 Å². The minimum Gasteiger partial charge on any atom is -0.545 e. The Morgan fingerprint density at radius 3 is 1.68 bits per heavy atom. The number of aliphatic hydroxyl groups is 2. The van der Waals surface area contributed by atoms with Gasteiger partial charge < -0.3 is 30.0 Å². The van der Waals surface area contributed by atoms with Crippen molar-refractivity contribution in [3.63, 3.8) is 0 Å². The third kappa shape index (κ3) is 8.39. The maximum atomic E-state index is 11.7. The van der Waals surface area contributed by atoms with Gasteiger partial charge in [-0.25, -0.2) is 0 Å². The molecule has 0 radical (unpaired) electrons. The molecule has 28 heavy (non-hydrogen) atoms. The van der Waals surface area contributed by atoms with Crippen LogP contribution in [0, 0.1) is 0 Å². The fraction of sp³-hybridized carbons (Fsp3) is 0.500. The summed E-state index contributed by atoms with van der Waals surface area (Å²) >= 11 is 0. The fourth-order valence-electron chi connectivity index (χ4n) is 2.74. The van der Waals surface area contributed by atoms with Crippen LogP contribution in [0.25, 0.3) is 0 Å². The third-order valence-electron chi connectivity index (χ3n) is 3.87. The number of benzene rings is 1. The van der Waals surface area contributed by atoms with Crippen molar-refractivity contribution in [1.82, 2.24) is 0 Å². The molecule has 0 saturated heterocycles. The monoisotopic (exact) mass is 434 g/mol. The molecule has 0 aliphatic heterocycles. The standard InChI is InChI=1S/C16H22O9S.2Na/c17-7-3-1-5-10-12(15(19)20)9-13(26(23,24)25)11(6-2-4-8-18)14(10)16(21)22;;/h9,17-18H,1-8H2,(H,19,20)(H,21,22)(H,23,24,25);;/q;2*+1/p-2. The van der Waals surface area contributed by atoms with Gasteiger partial charge in [0.15, 0.2) is 0 Å². The largest absolute Gasteiger partial charge is 1.00 e. The molecular formula is C16H20Na2O9S. The normalized spacial score (nSPS) is 10.7. The Balaban J connectivity index is 0. The second-order valence-corrected chi connectivity index (χ2v) is 7.06. The number of carboxylic acids is 2. The molecule has 0 aromatic heterocycles. The number of unbranched alkanes of at least 4 members (excludes halogenated alkanes) is 2. The molecule has 12 heteroatoms. The van der Waals surface area contributed by atoms with Gasteiger partial charge >= 0.3 is 59.1 Å². The molecule has 0 heterocycles. The van der Waals surface area contributed by atoms with Crippen molar-refractivity contribution < 1.29 is 102 Å². The third-order valence-corrected chi connectivity index (χ3v) is 4.79. The summed E-state index contributed by atoms with van der Waals surface area (Å²) in [6, 6.07) is 0.680. The van der Waals surface area contributed by atoms with Gasteiger partial charge in [0.2, 0.25) is 0 Å². The van der Waals surface area contributed by atoms with Crippen LogP contribution in [0.4, 0.5) is 0 Å². The Bertz CT molecular complexity index is 779. The molecule has 1 aromatic carbocycles. The smallest absolute Gasteiger partial charge is 0.545 e. The number of hydrogen-bond donors (Lipinski definition) is 3. The van der Waals surface area contributed by atoms with Gasteiger partial charge in [-0.3, -0.25) is 4.55 Å². The Labute approximate surface area is 207 Å². The average Bonchev–Trinajstić information content (AvgIpc) is 2.53. The molecule has 9 nitrogen and oxygen atoms in total. The number of carbonyl (C=O) groups excluding carboxylic acids is 2. The zero-order valence-electron chi connectivity index (χ0n) is 15.9. The molecule has 0 saturated carbocycles. The summed E-state index contributed by atoms with van der Waals surface area (Å²) < 4.78 is 32.7. The number of carboxylic acid groups (broad SMARTS) is 2. The molecule has 1 rings (SSSR count). The van der Waals surface area contributed by atoms with E-state index in [9.17, 15) is 32.8 Å². The predicted molar refractivity (Wildman–Crippen MR) is 85.0 cm³/mol. The molecule has 146 valence electrons. The molecule has 3 N–H and O–H groups in total. The van der Waals surface area contributed by atoms with E-state index >= 15 is 0 Å². The average molecular weight is 434 g/mol. The number of hydrogen-bond acceptors (Lipinski definition) is 8. The van der Waals surface area contributed by atoms with E-state index in [2.05, 4.69) is 0 Å².